The Labute approximate surface area is 305 Å². The lowest BCUT2D eigenvalue weighted by atomic mass is 9.99. The second-order valence-corrected chi connectivity index (χ2v) is 14.5. The fraction of sp³-hybridized carbons (Fsp3) is 0.878. The number of rotatable bonds is 33. The third kappa shape index (κ3) is 23.3. The number of aliphatic hydroxyl groups is 5. The first-order valence-corrected chi connectivity index (χ1v) is 20.6. The van der Waals surface area contributed by atoms with Crippen LogP contribution in [-0.2, 0) is 14.3 Å². The first kappa shape index (κ1) is 46.7. The first-order chi connectivity index (χ1) is 24.3. The van der Waals surface area contributed by atoms with Crippen molar-refractivity contribution < 1.29 is 39.8 Å². The summed E-state index contributed by atoms with van der Waals surface area (Å²) in [6.07, 6.45) is 28.9. The fourth-order valence-corrected chi connectivity index (χ4v) is 6.44. The molecule has 0 radical (unpaired) electrons. The van der Waals surface area contributed by atoms with Crippen molar-refractivity contribution in [3.63, 3.8) is 0 Å². The van der Waals surface area contributed by atoms with E-state index in [-0.39, 0.29) is 12.5 Å². The number of carbonyl (C=O) groups is 1. The van der Waals surface area contributed by atoms with Gasteiger partial charge in [0.15, 0.2) is 6.29 Å². The van der Waals surface area contributed by atoms with Crippen molar-refractivity contribution >= 4 is 5.91 Å². The molecule has 0 aromatic rings. The minimum absolute atomic E-state index is 0.142. The largest absolute Gasteiger partial charge is 0.394 e. The van der Waals surface area contributed by atoms with Crippen molar-refractivity contribution in [2.75, 3.05) is 13.2 Å². The first-order valence-electron chi connectivity index (χ1n) is 20.6. The second kappa shape index (κ2) is 32.3. The van der Waals surface area contributed by atoms with Crippen LogP contribution < -0.4 is 5.32 Å². The van der Waals surface area contributed by atoms with E-state index in [0.29, 0.717) is 12.8 Å². The monoisotopic (exact) mass is 712 g/mol. The van der Waals surface area contributed by atoms with Crippen LogP contribution in [0.15, 0.2) is 24.3 Å². The van der Waals surface area contributed by atoms with Gasteiger partial charge in [-0.1, -0.05) is 154 Å². The molecule has 1 amide bonds. The van der Waals surface area contributed by atoms with E-state index < -0.39 is 49.5 Å². The number of nitrogens with one attached hydrogen (secondary N) is 1. The molecule has 9 nitrogen and oxygen atoms in total. The molecule has 7 atom stereocenters. The van der Waals surface area contributed by atoms with Crippen LogP contribution in [0, 0.1) is 0 Å². The van der Waals surface area contributed by atoms with Gasteiger partial charge in [-0.3, -0.25) is 4.79 Å². The van der Waals surface area contributed by atoms with E-state index in [1.165, 1.54) is 89.9 Å². The Bertz CT molecular complexity index is 837. The average Bonchev–Trinajstić information content (AvgIpc) is 3.11. The van der Waals surface area contributed by atoms with Gasteiger partial charge in [-0.2, -0.15) is 0 Å². The van der Waals surface area contributed by atoms with E-state index in [4.69, 9.17) is 9.47 Å². The van der Waals surface area contributed by atoms with Crippen LogP contribution in [0.1, 0.15) is 174 Å². The number of amides is 1. The fourth-order valence-electron chi connectivity index (χ4n) is 6.44. The molecule has 6 N–H and O–H groups in total. The van der Waals surface area contributed by atoms with E-state index in [9.17, 15) is 30.3 Å². The van der Waals surface area contributed by atoms with Gasteiger partial charge in [0, 0.05) is 6.42 Å². The van der Waals surface area contributed by atoms with E-state index in [1.54, 1.807) is 0 Å². The third-order valence-corrected chi connectivity index (χ3v) is 9.84. The molecule has 7 unspecified atom stereocenters. The molecule has 1 fully saturated rings. The summed E-state index contributed by atoms with van der Waals surface area (Å²) in [5.74, 6) is -0.158. The van der Waals surface area contributed by atoms with Gasteiger partial charge in [0.05, 0.1) is 25.4 Å². The molecule has 1 rings (SSSR count). The molecule has 0 bridgehead atoms. The summed E-state index contributed by atoms with van der Waals surface area (Å²) in [6, 6.07) is -0.721. The van der Waals surface area contributed by atoms with Gasteiger partial charge in [-0.15, -0.1) is 0 Å². The maximum Gasteiger partial charge on any atom is 0.220 e. The number of hydrogen-bond acceptors (Lipinski definition) is 8. The molecule has 0 aliphatic carbocycles. The summed E-state index contributed by atoms with van der Waals surface area (Å²) in [4.78, 5) is 12.9. The predicted molar refractivity (Wildman–Crippen MR) is 203 cm³/mol. The van der Waals surface area contributed by atoms with Gasteiger partial charge >= 0.3 is 0 Å². The Kier molecular flexibility index (Phi) is 30.2. The third-order valence-electron chi connectivity index (χ3n) is 9.84. The Morgan fingerprint density at radius 3 is 1.72 bits per heavy atom. The van der Waals surface area contributed by atoms with E-state index >= 15 is 0 Å². The topological polar surface area (TPSA) is 149 Å². The minimum Gasteiger partial charge on any atom is -0.394 e. The zero-order valence-electron chi connectivity index (χ0n) is 31.9. The highest BCUT2D eigenvalue weighted by Crippen LogP contribution is 2.23. The van der Waals surface area contributed by atoms with Crippen molar-refractivity contribution in [2.45, 2.75) is 217 Å². The highest BCUT2D eigenvalue weighted by atomic mass is 16.7. The molecular formula is C41H77NO8. The molecule has 1 heterocycles. The van der Waals surface area contributed by atoms with E-state index in [2.05, 4.69) is 43.5 Å². The molecule has 1 aliphatic rings. The highest BCUT2D eigenvalue weighted by Gasteiger charge is 2.44. The highest BCUT2D eigenvalue weighted by molar-refractivity contribution is 5.76. The summed E-state index contributed by atoms with van der Waals surface area (Å²) in [7, 11) is 0. The molecule has 1 saturated heterocycles. The standard InChI is InChI=1S/C41H77NO8/c1-3-5-7-9-11-13-15-17-18-19-21-23-25-27-29-31-37(45)42-34(33-49-41-40(48)39(47)38(46)36(32-43)50-41)35(44)30-28-26-24-22-20-16-14-12-10-8-6-4-2/h11,13,15,17,34-36,38-41,43-44,46-48H,3-10,12,14,16,18-33H2,1-2H3,(H,42,45)/b13-11-,17-15-. The average molecular weight is 712 g/mol. The van der Waals surface area contributed by atoms with Gasteiger partial charge in [0.25, 0.3) is 0 Å². The number of unbranched alkanes of at least 4 members (excludes halogenated alkanes) is 20. The Morgan fingerprint density at radius 2 is 1.16 bits per heavy atom. The quantitative estimate of drug-likeness (QED) is 0.0302. The van der Waals surface area contributed by atoms with Gasteiger partial charge in [0.1, 0.15) is 24.4 Å². The lowest BCUT2D eigenvalue weighted by molar-refractivity contribution is -0.302. The van der Waals surface area contributed by atoms with Crippen molar-refractivity contribution in [2.24, 2.45) is 0 Å². The molecule has 50 heavy (non-hydrogen) atoms. The van der Waals surface area contributed by atoms with Crippen molar-refractivity contribution in [1.82, 2.24) is 5.32 Å². The second-order valence-electron chi connectivity index (χ2n) is 14.5. The smallest absolute Gasteiger partial charge is 0.220 e. The summed E-state index contributed by atoms with van der Waals surface area (Å²) in [5.41, 5.74) is 0. The Morgan fingerprint density at radius 1 is 0.680 bits per heavy atom. The van der Waals surface area contributed by atoms with Crippen LogP contribution in [0.5, 0.6) is 0 Å². The van der Waals surface area contributed by atoms with Crippen molar-refractivity contribution in [1.29, 1.82) is 0 Å². The van der Waals surface area contributed by atoms with Crippen LogP contribution in [0.2, 0.25) is 0 Å². The Hall–Kier alpha value is -1.33. The number of hydrogen-bond donors (Lipinski definition) is 6. The molecular weight excluding hydrogens is 634 g/mol. The van der Waals surface area contributed by atoms with Gasteiger partial charge < -0.3 is 40.3 Å². The summed E-state index contributed by atoms with van der Waals surface area (Å²) >= 11 is 0. The molecule has 0 spiro atoms. The van der Waals surface area contributed by atoms with Crippen LogP contribution in [0.3, 0.4) is 0 Å². The summed E-state index contributed by atoms with van der Waals surface area (Å²) < 4.78 is 11.2. The number of ether oxygens (including phenoxy) is 2. The number of allylic oxidation sites excluding steroid dienone is 4. The number of carbonyl (C=O) groups excluding carboxylic acids is 1. The minimum atomic E-state index is -1.55. The summed E-state index contributed by atoms with van der Waals surface area (Å²) in [5, 5.41) is 54.1. The van der Waals surface area contributed by atoms with Gasteiger partial charge in [-0.05, 0) is 38.5 Å². The van der Waals surface area contributed by atoms with Crippen molar-refractivity contribution in [3.8, 4) is 0 Å². The van der Waals surface area contributed by atoms with Gasteiger partial charge in [0.2, 0.25) is 5.91 Å². The molecule has 0 aromatic heterocycles. The maximum atomic E-state index is 12.9. The molecule has 0 saturated carbocycles. The van der Waals surface area contributed by atoms with Crippen LogP contribution in [-0.4, -0.2) is 87.5 Å². The van der Waals surface area contributed by atoms with Gasteiger partial charge in [-0.25, -0.2) is 0 Å². The Balaban J connectivity index is 2.40. The SMILES string of the molecule is CCCCC/C=C\C=C/CCCCCCCCC(=O)NC(COC1OC(CO)C(O)C(O)C1O)C(O)CCCCCCCCCCCCCC. The van der Waals surface area contributed by atoms with Crippen molar-refractivity contribution in [3.05, 3.63) is 24.3 Å². The molecule has 294 valence electrons. The zero-order chi connectivity index (χ0) is 36.7. The van der Waals surface area contributed by atoms with E-state index in [1.807, 2.05) is 0 Å². The zero-order valence-corrected chi connectivity index (χ0v) is 31.9. The molecule has 9 heteroatoms. The normalized spacial score (nSPS) is 22.4. The summed E-state index contributed by atoms with van der Waals surface area (Å²) in [6.45, 7) is 3.77. The lowest BCUT2D eigenvalue weighted by Gasteiger charge is -2.40. The number of aliphatic hydroxyl groups excluding tert-OH is 5. The predicted octanol–water partition coefficient (Wildman–Crippen LogP) is 7.55. The van der Waals surface area contributed by atoms with Crippen LogP contribution in [0.4, 0.5) is 0 Å². The molecule has 1 aliphatic heterocycles. The van der Waals surface area contributed by atoms with Crippen LogP contribution >= 0.6 is 0 Å². The van der Waals surface area contributed by atoms with E-state index in [0.717, 1.165) is 57.8 Å². The van der Waals surface area contributed by atoms with Crippen LogP contribution in [0.25, 0.3) is 0 Å². The maximum absolute atomic E-state index is 12.9. The lowest BCUT2D eigenvalue weighted by Crippen LogP contribution is -2.60. The molecule has 0 aromatic carbocycles.